The molecule has 2 aliphatic rings. The summed E-state index contributed by atoms with van der Waals surface area (Å²) in [6.07, 6.45) is 4.02. The van der Waals surface area contributed by atoms with E-state index in [0.29, 0.717) is 29.6 Å². The Morgan fingerprint density at radius 2 is 1.79 bits per heavy atom. The molecule has 2 fully saturated rings. The highest BCUT2D eigenvalue weighted by Gasteiger charge is 2.42. The molecule has 1 saturated carbocycles. The fourth-order valence-corrected chi connectivity index (χ4v) is 5.39. The van der Waals surface area contributed by atoms with Gasteiger partial charge in [-0.05, 0) is 78.8 Å². The third-order valence-electron chi connectivity index (χ3n) is 7.37. The molecule has 2 aromatic carbocycles. The molecule has 1 aliphatic carbocycles. The van der Waals surface area contributed by atoms with Crippen LogP contribution in [0.1, 0.15) is 74.7 Å². The Labute approximate surface area is 195 Å². The molecule has 0 aromatic heterocycles. The lowest BCUT2D eigenvalue weighted by Crippen LogP contribution is -2.44. The lowest BCUT2D eigenvalue weighted by atomic mass is 9.72. The van der Waals surface area contributed by atoms with Gasteiger partial charge in [0.2, 0.25) is 5.75 Å². The van der Waals surface area contributed by atoms with Crippen molar-refractivity contribution in [2.45, 2.75) is 76.6 Å². The summed E-state index contributed by atoms with van der Waals surface area (Å²) in [5.74, 6) is 0.956. The predicted octanol–water partition coefficient (Wildman–Crippen LogP) is 5.18. The van der Waals surface area contributed by atoms with Crippen LogP contribution in [0.2, 0.25) is 0 Å². The molecular weight excluding hydrogens is 420 g/mol. The lowest BCUT2D eigenvalue weighted by molar-refractivity contribution is -0.154. The van der Waals surface area contributed by atoms with Crippen LogP contribution < -0.4 is 4.74 Å². The van der Waals surface area contributed by atoms with Crippen molar-refractivity contribution in [1.82, 2.24) is 0 Å². The van der Waals surface area contributed by atoms with Gasteiger partial charge in [0, 0.05) is 12.3 Å². The molecule has 0 amide bonds. The van der Waals surface area contributed by atoms with Gasteiger partial charge in [0.25, 0.3) is 0 Å². The highest BCUT2D eigenvalue weighted by molar-refractivity contribution is 5.52. The second-order valence-electron chi connectivity index (χ2n) is 10.1. The fraction of sp³-hybridized carbons (Fsp3) is 0.556. The Kier molecular flexibility index (Phi) is 7.05. The zero-order valence-corrected chi connectivity index (χ0v) is 19.7. The molecular formula is C27H36O6. The van der Waals surface area contributed by atoms with Gasteiger partial charge in [0.1, 0.15) is 5.75 Å². The predicted molar refractivity (Wildman–Crippen MR) is 126 cm³/mol. The summed E-state index contributed by atoms with van der Waals surface area (Å²) in [6, 6.07) is 9.11. The maximum Gasteiger partial charge on any atom is 0.200 e. The molecule has 5 unspecified atom stereocenters. The Hall–Kier alpha value is -2.44. The molecule has 1 heterocycles. The number of aliphatic hydroxyl groups excluding tert-OH is 1. The number of phenolic OH excluding ortho intramolecular Hbond substituents is 3. The van der Waals surface area contributed by atoms with Gasteiger partial charge in [0.05, 0.1) is 25.4 Å². The zero-order valence-electron chi connectivity index (χ0n) is 19.7. The first-order valence-corrected chi connectivity index (χ1v) is 12.0. The van der Waals surface area contributed by atoms with Crippen molar-refractivity contribution in [1.29, 1.82) is 0 Å². The summed E-state index contributed by atoms with van der Waals surface area (Å²) in [6.45, 7) is 4.38. The van der Waals surface area contributed by atoms with Crippen molar-refractivity contribution in [3.63, 3.8) is 0 Å². The van der Waals surface area contributed by atoms with Gasteiger partial charge in [-0.2, -0.15) is 0 Å². The van der Waals surface area contributed by atoms with E-state index in [0.717, 1.165) is 37.7 Å². The number of aryl methyl sites for hydroxylation is 1. The van der Waals surface area contributed by atoms with E-state index in [1.54, 1.807) is 6.07 Å². The number of hydrogen-bond acceptors (Lipinski definition) is 6. The van der Waals surface area contributed by atoms with Crippen LogP contribution in [0, 0.1) is 11.8 Å². The smallest absolute Gasteiger partial charge is 0.200 e. The number of rotatable bonds is 6. The van der Waals surface area contributed by atoms with Crippen LogP contribution in [0.15, 0.2) is 30.3 Å². The summed E-state index contributed by atoms with van der Waals surface area (Å²) in [7, 11) is 1.43. The number of phenols is 3. The molecule has 33 heavy (non-hydrogen) atoms. The fourth-order valence-electron chi connectivity index (χ4n) is 5.39. The quantitative estimate of drug-likeness (QED) is 0.447. The van der Waals surface area contributed by atoms with E-state index in [2.05, 4.69) is 19.9 Å². The van der Waals surface area contributed by atoms with Gasteiger partial charge in [0.15, 0.2) is 11.5 Å². The molecule has 2 aromatic rings. The van der Waals surface area contributed by atoms with Crippen LogP contribution in [0.25, 0.3) is 0 Å². The first-order valence-electron chi connectivity index (χ1n) is 12.0. The summed E-state index contributed by atoms with van der Waals surface area (Å²) < 4.78 is 11.6. The van der Waals surface area contributed by atoms with E-state index in [4.69, 9.17) is 9.47 Å². The second kappa shape index (κ2) is 9.82. The number of hydrogen-bond donors (Lipinski definition) is 4. The summed E-state index contributed by atoms with van der Waals surface area (Å²) in [5.41, 5.74) is 2.90. The van der Waals surface area contributed by atoms with Gasteiger partial charge in [-0.15, -0.1) is 0 Å². The number of aromatic hydroxyl groups is 3. The van der Waals surface area contributed by atoms with Crippen LogP contribution in [0.5, 0.6) is 23.0 Å². The van der Waals surface area contributed by atoms with E-state index < -0.39 is 6.10 Å². The van der Waals surface area contributed by atoms with E-state index in [1.807, 2.05) is 12.1 Å². The molecule has 4 N–H and O–H groups in total. The van der Waals surface area contributed by atoms with Gasteiger partial charge < -0.3 is 29.9 Å². The first kappa shape index (κ1) is 23.7. The van der Waals surface area contributed by atoms with Gasteiger partial charge in [-0.1, -0.05) is 26.0 Å². The van der Waals surface area contributed by atoms with Crippen LogP contribution in [0.3, 0.4) is 0 Å². The minimum absolute atomic E-state index is 0.0858. The normalized spacial score (nSPS) is 27.4. The highest BCUT2D eigenvalue weighted by atomic mass is 16.5. The summed E-state index contributed by atoms with van der Waals surface area (Å²) in [4.78, 5) is 0. The Bertz CT molecular complexity index is 971. The monoisotopic (exact) mass is 456 g/mol. The van der Waals surface area contributed by atoms with Crippen LogP contribution in [-0.4, -0.2) is 39.7 Å². The van der Waals surface area contributed by atoms with Crippen LogP contribution >= 0.6 is 0 Å². The largest absolute Gasteiger partial charge is 0.508 e. The molecule has 4 rings (SSSR count). The lowest BCUT2D eigenvalue weighted by Gasteiger charge is -2.45. The summed E-state index contributed by atoms with van der Waals surface area (Å²) in [5, 5.41) is 41.2. The molecule has 0 radical (unpaired) electrons. The standard InChI is InChI=1S/C27H36O6/c1-15(2)4-5-18-10-16(7-9-21(18)28)17-6-8-20-22(29)14-24(33-25(20)12-17)19-11-23(30)27(31)26(13-19)32-3/h7,9-11,13,15,17,20,22,24-25,28-31H,4-6,8,12,14H2,1-3H3. The van der Waals surface area contributed by atoms with Crippen LogP contribution in [-0.2, 0) is 11.2 Å². The van der Waals surface area contributed by atoms with Crippen LogP contribution in [0.4, 0.5) is 0 Å². The van der Waals surface area contributed by atoms with E-state index in [9.17, 15) is 20.4 Å². The number of aliphatic hydroxyl groups is 1. The van der Waals surface area contributed by atoms with Crippen molar-refractivity contribution < 1.29 is 29.9 Å². The van der Waals surface area contributed by atoms with E-state index in [1.165, 1.54) is 18.7 Å². The van der Waals surface area contributed by atoms with Crippen molar-refractivity contribution in [2.24, 2.45) is 11.8 Å². The van der Waals surface area contributed by atoms with Gasteiger partial charge >= 0.3 is 0 Å². The maximum absolute atomic E-state index is 10.9. The van der Waals surface area contributed by atoms with E-state index >= 15 is 0 Å². The number of fused-ring (bicyclic) bond motifs is 1. The Balaban J connectivity index is 1.52. The topological polar surface area (TPSA) is 99.4 Å². The number of methoxy groups -OCH3 is 1. The molecule has 6 nitrogen and oxygen atoms in total. The average Bonchev–Trinajstić information content (AvgIpc) is 2.79. The van der Waals surface area contributed by atoms with Crippen molar-refractivity contribution >= 4 is 0 Å². The SMILES string of the molecule is COc1cc(C2CC(O)C3CCC(c4ccc(O)c(CCC(C)C)c4)CC3O2)cc(O)c1O. The average molecular weight is 457 g/mol. The van der Waals surface area contributed by atoms with Crippen molar-refractivity contribution in [3.8, 4) is 23.0 Å². The Morgan fingerprint density at radius 1 is 1.00 bits per heavy atom. The van der Waals surface area contributed by atoms with Gasteiger partial charge in [-0.3, -0.25) is 0 Å². The molecule has 1 saturated heterocycles. The maximum atomic E-state index is 10.9. The van der Waals surface area contributed by atoms with Gasteiger partial charge in [-0.25, -0.2) is 0 Å². The number of ether oxygens (including phenoxy) is 2. The minimum atomic E-state index is -0.488. The Morgan fingerprint density at radius 3 is 2.52 bits per heavy atom. The van der Waals surface area contributed by atoms with Crippen molar-refractivity contribution in [2.75, 3.05) is 7.11 Å². The molecule has 180 valence electrons. The third kappa shape index (κ3) is 5.07. The summed E-state index contributed by atoms with van der Waals surface area (Å²) >= 11 is 0. The second-order valence-corrected chi connectivity index (χ2v) is 10.1. The number of benzene rings is 2. The molecule has 0 bridgehead atoms. The molecule has 1 aliphatic heterocycles. The van der Waals surface area contributed by atoms with Crippen molar-refractivity contribution in [3.05, 3.63) is 47.0 Å². The van der Waals surface area contributed by atoms with E-state index in [-0.39, 0.29) is 35.4 Å². The first-order chi connectivity index (χ1) is 15.8. The zero-order chi connectivity index (χ0) is 23.7. The molecule has 0 spiro atoms. The third-order valence-corrected chi connectivity index (χ3v) is 7.37. The molecule has 6 heteroatoms. The minimum Gasteiger partial charge on any atom is -0.508 e. The highest BCUT2D eigenvalue weighted by Crippen LogP contribution is 2.48. The molecule has 5 atom stereocenters.